The van der Waals surface area contributed by atoms with Crippen LogP contribution in [0.4, 0.5) is 0 Å². The molecule has 0 spiro atoms. The average Bonchev–Trinajstić information content (AvgIpc) is 3.14. The molecule has 2 fully saturated rings. The van der Waals surface area contributed by atoms with Crippen LogP contribution in [0, 0.1) is 17.8 Å². The van der Waals surface area contributed by atoms with Crippen molar-refractivity contribution in [2.45, 2.75) is 102 Å². The van der Waals surface area contributed by atoms with E-state index >= 15 is 0 Å². The maximum absolute atomic E-state index is 11.0. The summed E-state index contributed by atoms with van der Waals surface area (Å²) in [6.45, 7) is 2.71. The first-order valence-corrected chi connectivity index (χ1v) is 13.5. The van der Waals surface area contributed by atoms with Crippen LogP contribution in [0.25, 0.3) is 0 Å². The zero-order chi connectivity index (χ0) is 23.9. The Morgan fingerprint density at radius 3 is 2.85 bits per heavy atom. The number of fused-ring (bicyclic) bond motifs is 2. The highest BCUT2D eigenvalue weighted by molar-refractivity contribution is 5.68. The summed E-state index contributed by atoms with van der Waals surface area (Å²) in [7, 11) is 0. The van der Waals surface area contributed by atoms with Crippen LogP contribution in [0.3, 0.4) is 0 Å². The molecular formula is C28H42O6. The summed E-state index contributed by atoms with van der Waals surface area (Å²) < 4.78 is 17.9. The quantitative estimate of drug-likeness (QED) is 0.408. The third-order valence-electron chi connectivity index (χ3n) is 8.13. The van der Waals surface area contributed by atoms with Gasteiger partial charge in [-0.25, -0.2) is 4.79 Å². The summed E-state index contributed by atoms with van der Waals surface area (Å²) in [6.07, 6.45) is 12.4. The van der Waals surface area contributed by atoms with E-state index in [1.165, 1.54) is 31.2 Å². The molecule has 0 aromatic heterocycles. The highest BCUT2D eigenvalue weighted by Crippen LogP contribution is 2.48. The molecule has 0 bridgehead atoms. The number of aliphatic carboxylic acids is 1. The summed E-state index contributed by atoms with van der Waals surface area (Å²) in [5, 5.41) is 20.0. The minimum Gasteiger partial charge on any atom is -0.482 e. The molecule has 2 N–H and O–H groups in total. The van der Waals surface area contributed by atoms with Crippen molar-refractivity contribution < 1.29 is 29.2 Å². The Morgan fingerprint density at radius 1 is 1.21 bits per heavy atom. The van der Waals surface area contributed by atoms with Gasteiger partial charge < -0.3 is 24.4 Å². The second kappa shape index (κ2) is 12.4. The number of ether oxygens (including phenoxy) is 3. The predicted octanol–water partition coefficient (Wildman–Crippen LogP) is 5.13. The van der Waals surface area contributed by atoms with Gasteiger partial charge in [0.2, 0.25) is 0 Å². The Morgan fingerprint density at radius 2 is 2.09 bits per heavy atom. The first-order chi connectivity index (χ1) is 16.5. The Bertz CT molecular complexity index is 789. The first-order valence-electron chi connectivity index (χ1n) is 13.5. The van der Waals surface area contributed by atoms with Crippen molar-refractivity contribution in [2.75, 3.05) is 13.2 Å². The Labute approximate surface area is 204 Å². The lowest BCUT2D eigenvalue weighted by molar-refractivity contribution is -0.191. The lowest BCUT2D eigenvalue weighted by Gasteiger charge is -2.33. The first kappa shape index (κ1) is 25.5. The number of carboxylic acid groups (broad SMARTS) is 1. The van der Waals surface area contributed by atoms with Crippen LogP contribution in [-0.2, 0) is 27.1 Å². The fourth-order valence-electron chi connectivity index (χ4n) is 6.39. The molecule has 34 heavy (non-hydrogen) atoms. The SMILES string of the molecule is CCCCCC(CCC1C(O)CC2Cc3c(cccc3OCC(=O)O)CC21)OC1CCCCO1. The van der Waals surface area contributed by atoms with Gasteiger partial charge in [-0.1, -0.05) is 38.3 Å². The summed E-state index contributed by atoms with van der Waals surface area (Å²) >= 11 is 0. The van der Waals surface area contributed by atoms with Crippen molar-refractivity contribution in [3.8, 4) is 5.75 Å². The fraction of sp³-hybridized carbons (Fsp3) is 0.750. The molecule has 0 radical (unpaired) electrons. The van der Waals surface area contributed by atoms with Gasteiger partial charge in [-0.05, 0) is 92.7 Å². The number of hydrogen-bond donors (Lipinski definition) is 2. The summed E-state index contributed by atoms with van der Waals surface area (Å²) in [6, 6.07) is 5.97. The number of carboxylic acids is 1. The van der Waals surface area contributed by atoms with Crippen LogP contribution in [0.15, 0.2) is 18.2 Å². The summed E-state index contributed by atoms with van der Waals surface area (Å²) in [5.41, 5.74) is 2.38. The van der Waals surface area contributed by atoms with Gasteiger partial charge >= 0.3 is 5.97 Å². The van der Waals surface area contributed by atoms with Crippen LogP contribution in [-0.4, -0.2) is 47.9 Å². The van der Waals surface area contributed by atoms with Crippen molar-refractivity contribution in [3.05, 3.63) is 29.3 Å². The third-order valence-corrected chi connectivity index (χ3v) is 8.13. The van der Waals surface area contributed by atoms with Crippen LogP contribution in [0.5, 0.6) is 5.75 Å². The van der Waals surface area contributed by atoms with Gasteiger partial charge in [0.15, 0.2) is 12.9 Å². The van der Waals surface area contributed by atoms with E-state index in [1.54, 1.807) is 0 Å². The summed E-state index contributed by atoms with van der Waals surface area (Å²) in [5.74, 6) is 0.888. The van der Waals surface area contributed by atoms with Crippen molar-refractivity contribution in [1.29, 1.82) is 0 Å². The molecule has 6 nitrogen and oxygen atoms in total. The maximum atomic E-state index is 11.0. The van der Waals surface area contributed by atoms with E-state index < -0.39 is 5.97 Å². The van der Waals surface area contributed by atoms with Gasteiger partial charge in [0.05, 0.1) is 12.2 Å². The normalized spacial score (nSPS) is 29.3. The van der Waals surface area contributed by atoms with Crippen molar-refractivity contribution in [1.82, 2.24) is 0 Å². The monoisotopic (exact) mass is 474 g/mol. The Kier molecular flexibility index (Phi) is 9.26. The molecule has 1 aliphatic heterocycles. The molecule has 1 aromatic carbocycles. The number of aliphatic hydroxyl groups is 1. The van der Waals surface area contributed by atoms with E-state index in [9.17, 15) is 9.90 Å². The predicted molar refractivity (Wildman–Crippen MR) is 130 cm³/mol. The average molecular weight is 475 g/mol. The van der Waals surface area contributed by atoms with E-state index in [4.69, 9.17) is 19.3 Å². The molecule has 1 saturated carbocycles. The van der Waals surface area contributed by atoms with Crippen LogP contribution in [0.1, 0.15) is 82.3 Å². The molecule has 2 aliphatic carbocycles. The second-order valence-electron chi connectivity index (χ2n) is 10.5. The van der Waals surface area contributed by atoms with Gasteiger partial charge in [0.1, 0.15) is 5.75 Å². The van der Waals surface area contributed by atoms with E-state index in [-0.39, 0.29) is 31.0 Å². The smallest absolute Gasteiger partial charge is 0.341 e. The molecule has 6 heteroatoms. The van der Waals surface area contributed by atoms with Crippen molar-refractivity contribution in [2.24, 2.45) is 17.8 Å². The highest BCUT2D eigenvalue weighted by atomic mass is 16.7. The largest absolute Gasteiger partial charge is 0.482 e. The minimum atomic E-state index is -0.961. The van der Waals surface area contributed by atoms with Crippen molar-refractivity contribution in [3.63, 3.8) is 0 Å². The fourth-order valence-corrected chi connectivity index (χ4v) is 6.39. The van der Waals surface area contributed by atoms with Gasteiger partial charge in [-0.3, -0.25) is 0 Å². The van der Waals surface area contributed by atoms with Crippen LogP contribution >= 0.6 is 0 Å². The van der Waals surface area contributed by atoms with Crippen LogP contribution < -0.4 is 4.74 Å². The van der Waals surface area contributed by atoms with Gasteiger partial charge in [0.25, 0.3) is 0 Å². The molecule has 1 aromatic rings. The Hall–Kier alpha value is -1.63. The number of rotatable bonds is 12. The van der Waals surface area contributed by atoms with E-state index in [2.05, 4.69) is 13.0 Å². The van der Waals surface area contributed by atoms with Gasteiger partial charge in [0, 0.05) is 6.61 Å². The number of hydrogen-bond acceptors (Lipinski definition) is 5. The van der Waals surface area contributed by atoms with E-state index in [1.807, 2.05) is 12.1 Å². The second-order valence-corrected chi connectivity index (χ2v) is 10.5. The zero-order valence-corrected chi connectivity index (χ0v) is 20.6. The standard InChI is InChI=1S/C28H42O6/c1-2-3-4-9-21(34-28-11-5-6-14-32-28)12-13-22-23-15-19-8-7-10-26(33-18-27(30)31)24(19)16-20(23)17-25(22)29/h7-8,10,20-23,25,28-29H,2-6,9,11-18H2,1H3,(H,30,31). The van der Waals surface area contributed by atoms with Gasteiger partial charge in [-0.15, -0.1) is 0 Å². The molecule has 1 saturated heterocycles. The highest BCUT2D eigenvalue weighted by Gasteiger charge is 2.45. The number of carbonyl (C=O) groups is 1. The van der Waals surface area contributed by atoms with E-state index in [0.29, 0.717) is 17.6 Å². The molecular weight excluding hydrogens is 432 g/mol. The third kappa shape index (κ3) is 6.52. The van der Waals surface area contributed by atoms with Gasteiger partial charge in [-0.2, -0.15) is 0 Å². The van der Waals surface area contributed by atoms with Crippen molar-refractivity contribution >= 4 is 5.97 Å². The molecule has 6 unspecified atom stereocenters. The molecule has 4 rings (SSSR count). The lowest BCUT2D eigenvalue weighted by atomic mass is 9.73. The number of aliphatic hydroxyl groups excluding tert-OH is 1. The minimum absolute atomic E-state index is 0.0626. The molecule has 3 aliphatic rings. The maximum Gasteiger partial charge on any atom is 0.341 e. The number of benzene rings is 1. The topological polar surface area (TPSA) is 85.2 Å². The van der Waals surface area contributed by atoms with Crippen LogP contribution in [0.2, 0.25) is 0 Å². The molecule has 6 atom stereocenters. The Balaban J connectivity index is 1.38. The van der Waals surface area contributed by atoms with E-state index in [0.717, 1.165) is 63.5 Å². The summed E-state index contributed by atoms with van der Waals surface area (Å²) in [4.78, 5) is 11.0. The zero-order valence-electron chi connectivity index (χ0n) is 20.6. The number of unbranched alkanes of at least 4 members (excludes halogenated alkanes) is 2. The lowest BCUT2D eigenvalue weighted by Crippen LogP contribution is -2.31. The molecule has 1 heterocycles. The molecule has 0 amide bonds. The molecule has 190 valence electrons.